The van der Waals surface area contributed by atoms with Crippen LogP contribution in [0.15, 0.2) is 33.9 Å². The predicted molar refractivity (Wildman–Crippen MR) is 80.5 cm³/mol. The van der Waals surface area contributed by atoms with Gasteiger partial charge in [0.05, 0.1) is 0 Å². The Balaban J connectivity index is 1.92. The van der Waals surface area contributed by atoms with E-state index in [1.807, 2.05) is 18.4 Å². The first kappa shape index (κ1) is 14.9. The minimum atomic E-state index is -0.272. The number of hydrogen-bond donors (Lipinski definition) is 1. The Bertz CT molecular complexity index is 600. The minimum absolute atomic E-state index is 0.0763. The molecule has 0 aliphatic carbocycles. The molecule has 1 N–H and O–H groups in total. The van der Waals surface area contributed by atoms with Gasteiger partial charge in [-0.05, 0) is 37.4 Å². The maximum Gasteiger partial charge on any atom is 0.276 e. The molecule has 0 unspecified atom stereocenters. The van der Waals surface area contributed by atoms with E-state index >= 15 is 0 Å². The number of hydrogen-bond acceptors (Lipinski definition) is 5. The number of aryl methyl sites for hydroxylation is 1. The standard InChI is InChI=1S/C12H13BrN4O2S/c1-8-14-15-12(20-2)17(8)16-11(18)7-19-10-5-3-9(13)4-6-10/h3-6H,7H2,1-2H3,(H,16,18). The van der Waals surface area contributed by atoms with E-state index in [1.165, 1.54) is 16.4 Å². The second-order valence-electron chi connectivity index (χ2n) is 3.85. The third kappa shape index (κ3) is 3.73. The molecule has 1 amide bonds. The second-order valence-corrected chi connectivity index (χ2v) is 5.54. The highest BCUT2D eigenvalue weighted by Crippen LogP contribution is 2.16. The fraction of sp³-hybridized carbons (Fsp3) is 0.250. The number of ether oxygens (including phenoxy) is 1. The van der Waals surface area contributed by atoms with Gasteiger partial charge in [-0.1, -0.05) is 27.7 Å². The van der Waals surface area contributed by atoms with Crippen molar-refractivity contribution in [1.82, 2.24) is 14.9 Å². The molecule has 0 saturated carbocycles. The first-order valence-corrected chi connectivity index (χ1v) is 7.76. The number of aromatic nitrogens is 3. The van der Waals surface area contributed by atoms with E-state index in [0.29, 0.717) is 16.7 Å². The van der Waals surface area contributed by atoms with Gasteiger partial charge >= 0.3 is 0 Å². The molecule has 0 bridgehead atoms. The lowest BCUT2D eigenvalue weighted by atomic mass is 10.3. The molecule has 1 heterocycles. The molecule has 0 radical (unpaired) electrons. The Morgan fingerprint density at radius 1 is 1.40 bits per heavy atom. The molecule has 106 valence electrons. The predicted octanol–water partition coefficient (Wildman–Crippen LogP) is 2.22. The average molecular weight is 357 g/mol. The van der Waals surface area contributed by atoms with Crippen LogP contribution in [-0.4, -0.2) is 33.6 Å². The summed E-state index contributed by atoms with van der Waals surface area (Å²) in [6, 6.07) is 7.27. The number of nitrogens with one attached hydrogen (secondary N) is 1. The summed E-state index contributed by atoms with van der Waals surface area (Å²) in [5.74, 6) is 0.978. The summed E-state index contributed by atoms with van der Waals surface area (Å²) >= 11 is 4.74. The van der Waals surface area contributed by atoms with Crippen LogP contribution in [0, 0.1) is 6.92 Å². The summed E-state index contributed by atoms with van der Waals surface area (Å²) < 4.78 is 7.89. The lowest BCUT2D eigenvalue weighted by Crippen LogP contribution is -2.29. The molecule has 2 rings (SSSR count). The van der Waals surface area contributed by atoms with Crippen molar-refractivity contribution in [2.24, 2.45) is 0 Å². The molecule has 1 aromatic heterocycles. The van der Waals surface area contributed by atoms with Crippen LogP contribution in [0.25, 0.3) is 0 Å². The summed E-state index contributed by atoms with van der Waals surface area (Å²) in [5.41, 5.74) is 2.69. The van der Waals surface area contributed by atoms with Crippen LogP contribution in [0.4, 0.5) is 0 Å². The van der Waals surface area contributed by atoms with Crippen molar-refractivity contribution in [3.63, 3.8) is 0 Å². The monoisotopic (exact) mass is 356 g/mol. The van der Waals surface area contributed by atoms with Crippen molar-refractivity contribution >= 4 is 33.6 Å². The van der Waals surface area contributed by atoms with Crippen molar-refractivity contribution in [3.8, 4) is 5.75 Å². The topological polar surface area (TPSA) is 69.0 Å². The van der Waals surface area contributed by atoms with Crippen LogP contribution in [0.5, 0.6) is 5.75 Å². The Kier molecular flexibility index (Phi) is 5.02. The number of carbonyl (C=O) groups excluding carboxylic acids is 1. The Hall–Kier alpha value is -1.54. The SMILES string of the molecule is CSc1nnc(C)n1NC(=O)COc1ccc(Br)cc1. The third-order valence-electron chi connectivity index (χ3n) is 2.40. The molecule has 0 aliphatic heterocycles. The Morgan fingerprint density at radius 3 is 2.75 bits per heavy atom. The van der Waals surface area contributed by atoms with Gasteiger partial charge in [-0.2, -0.15) is 0 Å². The maximum absolute atomic E-state index is 11.8. The number of halogens is 1. The lowest BCUT2D eigenvalue weighted by Gasteiger charge is -2.10. The normalized spacial score (nSPS) is 10.3. The zero-order valence-corrected chi connectivity index (χ0v) is 13.4. The molecule has 0 saturated heterocycles. The summed E-state index contributed by atoms with van der Waals surface area (Å²) in [6.07, 6.45) is 1.87. The number of amides is 1. The van der Waals surface area contributed by atoms with Gasteiger partial charge in [0.2, 0.25) is 5.16 Å². The molecule has 0 fully saturated rings. The number of carbonyl (C=O) groups is 1. The van der Waals surface area contributed by atoms with Crippen molar-refractivity contribution in [1.29, 1.82) is 0 Å². The van der Waals surface area contributed by atoms with Crippen molar-refractivity contribution < 1.29 is 9.53 Å². The van der Waals surface area contributed by atoms with E-state index in [0.717, 1.165) is 4.47 Å². The van der Waals surface area contributed by atoms with Crippen LogP contribution in [0.3, 0.4) is 0 Å². The first-order valence-electron chi connectivity index (χ1n) is 5.74. The molecule has 0 aliphatic rings. The molecule has 1 aromatic carbocycles. The fourth-order valence-corrected chi connectivity index (χ4v) is 2.19. The van der Waals surface area contributed by atoms with E-state index in [1.54, 1.807) is 19.1 Å². The summed E-state index contributed by atoms with van der Waals surface area (Å²) in [5, 5.41) is 8.45. The maximum atomic E-state index is 11.8. The van der Waals surface area contributed by atoms with E-state index in [9.17, 15) is 4.79 Å². The molecule has 0 atom stereocenters. The van der Waals surface area contributed by atoms with E-state index in [-0.39, 0.29) is 12.5 Å². The lowest BCUT2D eigenvalue weighted by molar-refractivity contribution is -0.119. The molecule has 6 nitrogen and oxygen atoms in total. The van der Waals surface area contributed by atoms with Gasteiger partial charge in [0.15, 0.2) is 6.61 Å². The quantitative estimate of drug-likeness (QED) is 0.831. The van der Waals surface area contributed by atoms with Crippen LogP contribution >= 0.6 is 27.7 Å². The third-order valence-corrected chi connectivity index (χ3v) is 3.56. The van der Waals surface area contributed by atoms with Crippen LogP contribution in [0.2, 0.25) is 0 Å². The molecular formula is C12H13BrN4O2S. The van der Waals surface area contributed by atoms with Gasteiger partial charge in [-0.3, -0.25) is 10.2 Å². The highest BCUT2D eigenvalue weighted by Gasteiger charge is 2.11. The van der Waals surface area contributed by atoms with Gasteiger partial charge in [0.1, 0.15) is 11.6 Å². The molecule has 0 spiro atoms. The van der Waals surface area contributed by atoms with Gasteiger partial charge in [-0.15, -0.1) is 10.2 Å². The van der Waals surface area contributed by atoms with E-state index in [4.69, 9.17) is 4.74 Å². The zero-order chi connectivity index (χ0) is 14.5. The largest absolute Gasteiger partial charge is 0.484 e. The summed E-state index contributed by atoms with van der Waals surface area (Å²) in [7, 11) is 0. The number of nitrogens with zero attached hydrogens (tertiary/aromatic N) is 3. The fourth-order valence-electron chi connectivity index (χ4n) is 1.44. The highest BCUT2D eigenvalue weighted by atomic mass is 79.9. The summed E-state index contributed by atoms with van der Waals surface area (Å²) in [6.45, 7) is 1.69. The number of rotatable bonds is 5. The van der Waals surface area contributed by atoms with Crippen LogP contribution in [-0.2, 0) is 4.79 Å². The van der Waals surface area contributed by atoms with E-state index in [2.05, 4.69) is 31.6 Å². The van der Waals surface area contributed by atoms with Crippen molar-refractivity contribution in [3.05, 3.63) is 34.6 Å². The zero-order valence-electron chi connectivity index (χ0n) is 11.0. The summed E-state index contributed by atoms with van der Waals surface area (Å²) in [4.78, 5) is 11.8. The van der Waals surface area contributed by atoms with Crippen molar-refractivity contribution in [2.45, 2.75) is 12.1 Å². The molecule has 8 heteroatoms. The number of benzene rings is 1. The van der Waals surface area contributed by atoms with Gasteiger partial charge in [0.25, 0.3) is 5.91 Å². The smallest absolute Gasteiger partial charge is 0.276 e. The molecule has 2 aromatic rings. The first-order chi connectivity index (χ1) is 9.60. The van der Waals surface area contributed by atoms with Gasteiger partial charge < -0.3 is 4.74 Å². The van der Waals surface area contributed by atoms with Gasteiger partial charge in [0, 0.05) is 4.47 Å². The average Bonchev–Trinajstić information content (AvgIpc) is 2.79. The molecule has 20 heavy (non-hydrogen) atoms. The van der Waals surface area contributed by atoms with E-state index < -0.39 is 0 Å². The van der Waals surface area contributed by atoms with Crippen LogP contribution in [0.1, 0.15) is 5.82 Å². The Labute approximate surface area is 129 Å². The minimum Gasteiger partial charge on any atom is -0.484 e. The van der Waals surface area contributed by atoms with Crippen LogP contribution < -0.4 is 10.2 Å². The highest BCUT2D eigenvalue weighted by molar-refractivity contribution is 9.10. The van der Waals surface area contributed by atoms with Crippen molar-refractivity contribution in [2.75, 3.05) is 18.3 Å². The Morgan fingerprint density at radius 2 is 2.10 bits per heavy atom. The number of thioether (sulfide) groups is 1. The molecular weight excluding hydrogens is 344 g/mol. The van der Waals surface area contributed by atoms with Gasteiger partial charge in [-0.25, -0.2) is 4.68 Å². The second kappa shape index (κ2) is 6.76.